The molecule has 1 unspecified atom stereocenters. The first-order chi connectivity index (χ1) is 8.25. The van der Waals surface area contributed by atoms with Gasteiger partial charge in [0.1, 0.15) is 0 Å². The van der Waals surface area contributed by atoms with Crippen molar-refractivity contribution in [2.45, 2.75) is 26.4 Å². The van der Waals surface area contributed by atoms with Crippen molar-refractivity contribution in [3.63, 3.8) is 0 Å². The van der Waals surface area contributed by atoms with Crippen LogP contribution < -0.4 is 5.32 Å². The molecule has 0 saturated carbocycles. The summed E-state index contributed by atoms with van der Waals surface area (Å²) >= 11 is 0. The Bertz CT molecular complexity index is 445. The van der Waals surface area contributed by atoms with Crippen molar-refractivity contribution in [2.24, 2.45) is 0 Å². The fourth-order valence-electron chi connectivity index (χ4n) is 1.84. The van der Waals surface area contributed by atoms with Gasteiger partial charge in [-0.1, -0.05) is 60.2 Å². The van der Waals surface area contributed by atoms with Crippen LogP contribution in [0.3, 0.4) is 0 Å². The number of benzene rings is 2. The van der Waals surface area contributed by atoms with Crippen LogP contribution in [0.5, 0.6) is 0 Å². The molecule has 0 aromatic heterocycles. The quantitative estimate of drug-likeness (QED) is 0.833. The molecule has 0 aliphatic heterocycles. The normalized spacial score (nSPS) is 12.4. The van der Waals surface area contributed by atoms with Crippen LogP contribution in [0.4, 0.5) is 0 Å². The number of hydrogen-bond acceptors (Lipinski definition) is 1. The Kier molecular flexibility index (Phi) is 3.94. The van der Waals surface area contributed by atoms with Gasteiger partial charge in [0.05, 0.1) is 0 Å². The second-order valence-corrected chi connectivity index (χ2v) is 4.50. The van der Waals surface area contributed by atoms with E-state index in [-0.39, 0.29) is 0 Å². The third-order valence-electron chi connectivity index (χ3n) is 3.03. The lowest BCUT2D eigenvalue weighted by molar-refractivity contribution is 0.574. The molecule has 0 amide bonds. The Hall–Kier alpha value is -1.60. The molecule has 2 aromatic carbocycles. The summed E-state index contributed by atoms with van der Waals surface area (Å²) in [6.45, 7) is 5.23. The minimum Gasteiger partial charge on any atom is -0.306 e. The first-order valence-electron chi connectivity index (χ1n) is 6.09. The molecule has 88 valence electrons. The highest BCUT2D eigenvalue weighted by Crippen LogP contribution is 2.13. The minimum atomic E-state index is 0.385. The molecule has 0 saturated heterocycles. The van der Waals surface area contributed by atoms with Gasteiger partial charge < -0.3 is 5.32 Å². The largest absolute Gasteiger partial charge is 0.306 e. The van der Waals surface area contributed by atoms with E-state index in [1.54, 1.807) is 0 Å². The van der Waals surface area contributed by atoms with E-state index in [0.29, 0.717) is 6.04 Å². The summed E-state index contributed by atoms with van der Waals surface area (Å²) in [5.74, 6) is 0. The van der Waals surface area contributed by atoms with Crippen molar-refractivity contribution in [3.8, 4) is 0 Å². The van der Waals surface area contributed by atoms with Crippen molar-refractivity contribution < 1.29 is 0 Å². The van der Waals surface area contributed by atoms with Crippen molar-refractivity contribution in [2.75, 3.05) is 0 Å². The Morgan fingerprint density at radius 2 is 1.59 bits per heavy atom. The zero-order chi connectivity index (χ0) is 12.1. The first kappa shape index (κ1) is 11.9. The van der Waals surface area contributed by atoms with Crippen molar-refractivity contribution in [1.29, 1.82) is 0 Å². The molecule has 0 bridgehead atoms. The molecule has 0 radical (unpaired) electrons. The predicted octanol–water partition coefficient (Wildman–Crippen LogP) is 3.85. The Morgan fingerprint density at radius 1 is 0.941 bits per heavy atom. The lowest BCUT2D eigenvalue weighted by atomic mass is 10.1. The fourth-order valence-corrected chi connectivity index (χ4v) is 1.84. The van der Waals surface area contributed by atoms with Gasteiger partial charge in [-0.05, 0) is 25.0 Å². The standard InChI is InChI=1S/C16H19N/c1-13-8-10-16(11-9-13)14(2)17-12-15-6-4-3-5-7-15/h3-11,14,17H,12H2,1-2H3. The van der Waals surface area contributed by atoms with Gasteiger partial charge in [0, 0.05) is 12.6 Å². The number of rotatable bonds is 4. The van der Waals surface area contributed by atoms with Crippen LogP contribution in [0.2, 0.25) is 0 Å². The maximum Gasteiger partial charge on any atom is 0.0294 e. The van der Waals surface area contributed by atoms with Gasteiger partial charge in [0.2, 0.25) is 0 Å². The number of hydrogen-bond donors (Lipinski definition) is 1. The molecule has 0 heterocycles. The lowest BCUT2D eigenvalue weighted by Crippen LogP contribution is -2.17. The van der Waals surface area contributed by atoms with Gasteiger partial charge in [-0.2, -0.15) is 0 Å². The number of aryl methyl sites for hydroxylation is 1. The Morgan fingerprint density at radius 3 is 2.24 bits per heavy atom. The summed E-state index contributed by atoms with van der Waals surface area (Å²) in [4.78, 5) is 0. The highest BCUT2D eigenvalue weighted by molar-refractivity contribution is 5.24. The van der Waals surface area contributed by atoms with E-state index in [2.05, 4.69) is 67.7 Å². The third-order valence-corrected chi connectivity index (χ3v) is 3.03. The summed E-state index contributed by atoms with van der Waals surface area (Å²) in [5.41, 5.74) is 3.97. The average molecular weight is 225 g/mol. The van der Waals surface area contributed by atoms with E-state index < -0.39 is 0 Å². The van der Waals surface area contributed by atoms with Gasteiger partial charge >= 0.3 is 0 Å². The summed E-state index contributed by atoms with van der Waals surface area (Å²) in [5, 5.41) is 3.53. The predicted molar refractivity (Wildman–Crippen MR) is 72.9 cm³/mol. The smallest absolute Gasteiger partial charge is 0.0294 e. The molecule has 0 aliphatic rings. The van der Waals surface area contributed by atoms with Crippen molar-refractivity contribution >= 4 is 0 Å². The van der Waals surface area contributed by atoms with E-state index in [9.17, 15) is 0 Å². The minimum absolute atomic E-state index is 0.385. The highest BCUT2D eigenvalue weighted by atomic mass is 14.9. The molecular formula is C16H19N. The SMILES string of the molecule is Cc1ccc(C(C)NCc2ccccc2)cc1. The van der Waals surface area contributed by atoms with Crippen LogP contribution in [0.25, 0.3) is 0 Å². The fraction of sp³-hybridized carbons (Fsp3) is 0.250. The molecule has 1 nitrogen and oxygen atoms in total. The van der Waals surface area contributed by atoms with E-state index in [0.717, 1.165) is 6.54 Å². The molecule has 0 aliphatic carbocycles. The van der Waals surface area contributed by atoms with Crippen LogP contribution >= 0.6 is 0 Å². The van der Waals surface area contributed by atoms with Gasteiger partial charge in [-0.15, -0.1) is 0 Å². The summed E-state index contributed by atoms with van der Waals surface area (Å²) in [6.07, 6.45) is 0. The molecule has 1 N–H and O–H groups in total. The van der Waals surface area contributed by atoms with Gasteiger partial charge in [-0.3, -0.25) is 0 Å². The maximum atomic E-state index is 3.53. The van der Waals surface area contributed by atoms with E-state index in [4.69, 9.17) is 0 Å². The Balaban J connectivity index is 1.93. The van der Waals surface area contributed by atoms with E-state index in [1.807, 2.05) is 6.07 Å². The molecule has 0 spiro atoms. The van der Waals surface area contributed by atoms with Crippen LogP contribution in [-0.4, -0.2) is 0 Å². The topological polar surface area (TPSA) is 12.0 Å². The van der Waals surface area contributed by atoms with Crippen LogP contribution in [0, 0.1) is 6.92 Å². The second kappa shape index (κ2) is 5.65. The summed E-state index contributed by atoms with van der Waals surface area (Å²) in [7, 11) is 0. The molecule has 2 rings (SSSR count). The van der Waals surface area contributed by atoms with Crippen LogP contribution in [0.15, 0.2) is 54.6 Å². The first-order valence-corrected chi connectivity index (χ1v) is 6.09. The van der Waals surface area contributed by atoms with Crippen LogP contribution in [0.1, 0.15) is 29.7 Å². The highest BCUT2D eigenvalue weighted by Gasteiger charge is 2.03. The third kappa shape index (κ3) is 3.43. The van der Waals surface area contributed by atoms with E-state index >= 15 is 0 Å². The Labute approximate surface area is 103 Å². The van der Waals surface area contributed by atoms with Gasteiger partial charge in [0.15, 0.2) is 0 Å². The maximum absolute atomic E-state index is 3.53. The molecule has 0 fully saturated rings. The second-order valence-electron chi connectivity index (χ2n) is 4.50. The summed E-state index contributed by atoms with van der Waals surface area (Å²) < 4.78 is 0. The van der Waals surface area contributed by atoms with Crippen LogP contribution in [-0.2, 0) is 6.54 Å². The monoisotopic (exact) mass is 225 g/mol. The molecule has 17 heavy (non-hydrogen) atoms. The van der Waals surface area contributed by atoms with E-state index in [1.165, 1.54) is 16.7 Å². The molecular weight excluding hydrogens is 206 g/mol. The zero-order valence-electron chi connectivity index (χ0n) is 10.5. The average Bonchev–Trinajstić information content (AvgIpc) is 2.38. The molecule has 1 heteroatoms. The zero-order valence-corrected chi connectivity index (χ0v) is 10.5. The van der Waals surface area contributed by atoms with Crippen molar-refractivity contribution in [1.82, 2.24) is 5.32 Å². The molecule has 1 atom stereocenters. The number of nitrogens with one attached hydrogen (secondary N) is 1. The van der Waals surface area contributed by atoms with Gasteiger partial charge in [0.25, 0.3) is 0 Å². The van der Waals surface area contributed by atoms with Crippen molar-refractivity contribution in [3.05, 3.63) is 71.3 Å². The molecule has 2 aromatic rings. The lowest BCUT2D eigenvalue weighted by Gasteiger charge is -2.14. The summed E-state index contributed by atoms with van der Waals surface area (Å²) in [6, 6.07) is 19.6. The van der Waals surface area contributed by atoms with Gasteiger partial charge in [-0.25, -0.2) is 0 Å².